The maximum atomic E-state index is 12.8. The summed E-state index contributed by atoms with van der Waals surface area (Å²) >= 11 is 0. The summed E-state index contributed by atoms with van der Waals surface area (Å²) in [5.74, 6) is -0.538. The van der Waals surface area contributed by atoms with Gasteiger partial charge < -0.3 is 4.74 Å². The molecule has 6 nitrogen and oxygen atoms in total. The van der Waals surface area contributed by atoms with E-state index >= 15 is 0 Å². The summed E-state index contributed by atoms with van der Waals surface area (Å²) in [4.78, 5) is 12.2. The molecule has 7 heteroatoms. The molecule has 0 radical (unpaired) electrons. The second-order valence-electron chi connectivity index (χ2n) is 7.10. The highest BCUT2D eigenvalue weighted by atomic mass is 32.2. The number of carbonyl (C=O) groups excluding carboxylic acids is 1. The first-order chi connectivity index (χ1) is 14.5. The number of carbonyl (C=O) groups is 1. The third-order valence-corrected chi connectivity index (χ3v) is 6.92. The second-order valence-corrected chi connectivity index (χ2v) is 9.04. The monoisotopic (exact) mass is 424 g/mol. The zero-order valence-corrected chi connectivity index (χ0v) is 17.5. The fourth-order valence-corrected chi connectivity index (χ4v) is 4.82. The first-order valence-corrected chi connectivity index (χ1v) is 11.4. The standard InChI is InChI=1S/C23H24N2O4S/c24-17-20-7-3-4-8-21(20)18-29-23(26)14-11-19-9-12-22(13-10-19)30(27,28)25-15-5-1-2-6-16-25/h3-4,7-14H,1-2,5-6,15-16,18H2. The molecule has 156 valence electrons. The summed E-state index contributed by atoms with van der Waals surface area (Å²) < 4.78 is 32.3. The minimum Gasteiger partial charge on any atom is -0.458 e. The largest absolute Gasteiger partial charge is 0.458 e. The van der Waals surface area contributed by atoms with Crippen molar-refractivity contribution in [3.05, 3.63) is 71.3 Å². The van der Waals surface area contributed by atoms with Gasteiger partial charge in [0.1, 0.15) is 6.61 Å². The highest BCUT2D eigenvalue weighted by Gasteiger charge is 2.24. The molecule has 0 spiro atoms. The molecule has 0 unspecified atom stereocenters. The Bertz CT molecular complexity index is 1050. The molecule has 0 aromatic heterocycles. The lowest BCUT2D eigenvalue weighted by atomic mass is 10.1. The van der Waals surface area contributed by atoms with Crippen LogP contribution in [-0.4, -0.2) is 31.8 Å². The highest BCUT2D eigenvalue weighted by Crippen LogP contribution is 2.21. The van der Waals surface area contributed by atoms with Crippen molar-refractivity contribution in [2.45, 2.75) is 37.2 Å². The van der Waals surface area contributed by atoms with E-state index in [1.807, 2.05) is 0 Å². The number of hydrogen-bond donors (Lipinski definition) is 0. The fraction of sp³-hybridized carbons (Fsp3) is 0.304. The van der Waals surface area contributed by atoms with Crippen LogP contribution in [0.4, 0.5) is 0 Å². The van der Waals surface area contributed by atoms with E-state index in [1.165, 1.54) is 6.08 Å². The Morgan fingerprint density at radius 1 is 1.03 bits per heavy atom. The van der Waals surface area contributed by atoms with Crippen molar-refractivity contribution in [2.75, 3.05) is 13.1 Å². The lowest BCUT2D eigenvalue weighted by molar-refractivity contribution is -0.138. The van der Waals surface area contributed by atoms with E-state index in [-0.39, 0.29) is 11.5 Å². The van der Waals surface area contributed by atoms with E-state index in [2.05, 4.69) is 6.07 Å². The van der Waals surface area contributed by atoms with E-state index in [4.69, 9.17) is 10.00 Å². The summed E-state index contributed by atoms with van der Waals surface area (Å²) in [7, 11) is -3.49. The predicted molar refractivity (Wildman–Crippen MR) is 114 cm³/mol. The van der Waals surface area contributed by atoms with Gasteiger partial charge in [-0.1, -0.05) is 43.2 Å². The summed E-state index contributed by atoms with van der Waals surface area (Å²) in [6.07, 6.45) is 6.76. The highest BCUT2D eigenvalue weighted by molar-refractivity contribution is 7.89. The van der Waals surface area contributed by atoms with Crippen molar-refractivity contribution in [3.63, 3.8) is 0 Å². The molecule has 3 rings (SSSR count). The van der Waals surface area contributed by atoms with Crippen LogP contribution in [0.25, 0.3) is 6.08 Å². The van der Waals surface area contributed by atoms with Crippen LogP contribution in [0, 0.1) is 11.3 Å². The van der Waals surface area contributed by atoms with Gasteiger partial charge in [0.15, 0.2) is 0 Å². The van der Waals surface area contributed by atoms with Crippen molar-refractivity contribution in [1.29, 1.82) is 5.26 Å². The molecule has 2 aromatic rings. The van der Waals surface area contributed by atoms with Gasteiger partial charge in [-0.2, -0.15) is 9.57 Å². The van der Waals surface area contributed by atoms with Gasteiger partial charge >= 0.3 is 5.97 Å². The molecule has 30 heavy (non-hydrogen) atoms. The molecule has 0 bridgehead atoms. The molecule has 1 fully saturated rings. The molecule has 0 saturated carbocycles. The molecule has 1 aliphatic heterocycles. The summed E-state index contributed by atoms with van der Waals surface area (Å²) in [6, 6.07) is 15.5. The molecule has 0 N–H and O–H groups in total. The molecule has 0 amide bonds. The van der Waals surface area contributed by atoms with E-state index in [1.54, 1.807) is 58.9 Å². The predicted octanol–water partition coefficient (Wildman–Crippen LogP) is 3.88. The number of hydrogen-bond acceptors (Lipinski definition) is 5. The van der Waals surface area contributed by atoms with Crippen LogP contribution in [0.2, 0.25) is 0 Å². The number of nitriles is 1. The van der Waals surface area contributed by atoms with Crippen LogP contribution in [0.15, 0.2) is 59.5 Å². The number of nitrogens with zero attached hydrogens (tertiary/aromatic N) is 2. The normalized spacial score (nSPS) is 15.4. The van der Waals surface area contributed by atoms with Crippen LogP contribution < -0.4 is 0 Å². The first-order valence-electron chi connectivity index (χ1n) is 9.94. The van der Waals surface area contributed by atoms with Crippen molar-refractivity contribution < 1.29 is 17.9 Å². The zero-order chi connectivity index (χ0) is 21.4. The van der Waals surface area contributed by atoms with Gasteiger partial charge in [-0.05, 0) is 42.7 Å². The number of benzene rings is 2. The van der Waals surface area contributed by atoms with Crippen LogP contribution in [-0.2, 0) is 26.2 Å². The lowest BCUT2D eigenvalue weighted by Gasteiger charge is -2.19. The number of rotatable bonds is 6. The van der Waals surface area contributed by atoms with Crippen molar-refractivity contribution in [2.24, 2.45) is 0 Å². The van der Waals surface area contributed by atoms with Gasteiger partial charge in [0.2, 0.25) is 10.0 Å². The third kappa shape index (κ3) is 5.56. The smallest absolute Gasteiger partial charge is 0.331 e. The molecule has 0 aliphatic carbocycles. The van der Waals surface area contributed by atoms with Gasteiger partial charge in [0, 0.05) is 24.7 Å². The van der Waals surface area contributed by atoms with Crippen LogP contribution >= 0.6 is 0 Å². The molecular formula is C23H24N2O4S. The lowest BCUT2D eigenvalue weighted by Crippen LogP contribution is -2.31. The van der Waals surface area contributed by atoms with Crippen LogP contribution in [0.3, 0.4) is 0 Å². The van der Waals surface area contributed by atoms with Crippen molar-refractivity contribution in [1.82, 2.24) is 4.31 Å². The third-order valence-electron chi connectivity index (χ3n) is 5.00. The first kappa shape index (κ1) is 21.8. The average molecular weight is 425 g/mol. The topological polar surface area (TPSA) is 87.5 Å². The molecule has 1 heterocycles. The molecule has 0 atom stereocenters. The van der Waals surface area contributed by atoms with Gasteiger partial charge in [0.05, 0.1) is 16.5 Å². The van der Waals surface area contributed by atoms with Gasteiger partial charge in [-0.3, -0.25) is 0 Å². The van der Waals surface area contributed by atoms with Crippen molar-refractivity contribution in [3.8, 4) is 6.07 Å². The number of sulfonamides is 1. The van der Waals surface area contributed by atoms with Crippen LogP contribution in [0.5, 0.6) is 0 Å². The summed E-state index contributed by atoms with van der Waals surface area (Å²) in [5.41, 5.74) is 1.81. The summed E-state index contributed by atoms with van der Waals surface area (Å²) in [6.45, 7) is 1.13. The average Bonchev–Trinajstić information content (AvgIpc) is 3.07. The minimum atomic E-state index is -3.49. The van der Waals surface area contributed by atoms with E-state index in [9.17, 15) is 13.2 Å². The van der Waals surface area contributed by atoms with Crippen molar-refractivity contribution >= 4 is 22.1 Å². The van der Waals surface area contributed by atoms with Gasteiger partial charge in [0.25, 0.3) is 0 Å². The molecular weight excluding hydrogens is 400 g/mol. The Morgan fingerprint density at radius 3 is 2.37 bits per heavy atom. The Kier molecular flexibility index (Phi) is 7.39. The van der Waals surface area contributed by atoms with E-state index < -0.39 is 16.0 Å². The molecule has 2 aromatic carbocycles. The Labute approximate surface area is 177 Å². The van der Waals surface area contributed by atoms with Crippen LogP contribution in [0.1, 0.15) is 42.4 Å². The van der Waals surface area contributed by atoms with E-state index in [0.717, 1.165) is 25.7 Å². The molecule has 1 aliphatic rings. The zero-order valence-electron chi connectivity index (χ0n) is 16.7. The Balaban J connectivity index is 1.60. The maximum Gasteiger partial charge on any atom is 0.331 e. The number of ether oxygens (including phenoxy) is 1. The minimum absolute atomic E-state index is 0.0138. The number of esters is 1. The van der Waals surface area contributed by atoms with E-state index in [0.29, 0.717) is 29.8 Å². The Morgan fingerprint density at radius 2 is 1.70 bits per heavy atom. The van der Waals surface area contributed by atoms with Gasteiger partial charge in [-0.25, -0.2) is 13.2 Å². The fourth-order valence-electron chi connectivity index (χ4n) is 3.30. The Hall–Kier alpha value is -2.95. The second kappa shape index (κ2) is 10.2. The molecule has 1 saturated heterocycles. The quantitative estimate of drug-likeness (QED) is 0.519. The SMILES string of the molecule is N#Cc1ccccc1COC(=O)C=Cc1ccc(S(=O)(=O)N2CCCCCC2)cc1. The summed E-state index contributed by atoms with van der Waals surface area (Å²) in [5, 5.41) is 9.06. The van der Waals surface area contributed by atoms with Gasteiger partial charge in [-0.15, -0.1) is 0 Å². The maximum absolute atomic E-state index is 12.8.